The third-order valence-corrected chi connectivity index (χ3v) is 2.18. The summed E-state index contributed by atoms with van der Waals surface area (Å²) in [4.78, 5) is 10.7. The maximum atomic E-state index is 10.7. The molecule has 0 saturated heterocycles. The summed E-state index contributed by atoms with van der Waals surface area (Å²) in [6.07, 6.45) is 12.1. The standard InChI is InChI=1S/C12H22O2/c1-3-4-5-6-7-8-9-10-11-12(13)14-2/h10-11H,3-9H2,1-2H3. The van der Waals surface area contributed by atoms with E-state index >= 15 is 0 Å². The molecule has 0 N–H and O–H groups in total. The first kappa shape index (κ1) is 13.2. The van der Waals surface area contributed by atoms with Gasteiger partial charge in [-0.1, -0.05) is 45.1 Å². The fourth-order valence-corrected chi connectivity index (χ4v) is 1.29. The second kappa shape index (κ2) is 10.3. The molecule has 14 heavy (non-hydrogen) atoms. The zero-order valence-electron chi connectivity index (χ0n) is 9.42. The number of methoxy groups -OCH3 is 1. The Kier molecular flexibility index (Phi) is 9.71. The van der Waals surface area contributed by atoms with Crippen LogP contribution in [0.1, 0.15) is 51.9 Å². The molecule has 0 saturated carbocycles. The van der Waals surface area contributed by atoms with Gasteiger partial charge in [0.15, 0.2) is 0 Å². The molecule has 0 aliphatic carbocycles. The Morgan fingerprint density at radius 3 is 2.43 bits per heavy atom. The van der Waals surface area contributed by atoms with Gasteiger partial charge in [0.05, 0.1) is 7.11 Å². The lowest BCUT2D eigenvalue weighted by Gasteiger charge is -1.97. The molecule has 0 rings (SSSR count). The molecule has 0 aliphatic heterocycles. The van der Waals surface area contributed by atoms with Crippen LogP contribution in [0.5, 0.6) is 0 Å². The highest BCUT2D eigenvalue weighted by Gasteiger charge is 1.90. The van der Waals surface area contributed by atoms with Crippen LogP contribution >= 0.6 is 0 Å². The molecular formula is C12H22O2. The van der Waals surface area contributed by atoms with Gasteiger partial charge in [-0.05, 0) is 12.8 Å². The number of esters is 1. The summed E-state index contributed by atoms with van der Waals surface area (Å²) in [5.74, 6) is -0.254. The fourth-order valence-electron chi connectivity index (χ4n) is 1.29. The summed E-state index contributed by atoms with van der Waals surface area (Å²) >= 11 is 0. The van der Waals surface area contributed by atoms with Crippen molar-refractivity contribution in [3.63, 3.8) is 0 Å². The Morgan fingerprint density at radius 2 is 1.79 bits per heavy atom. The highest BCUT2D eigenvalue weighted by molar-refractivity contribution is 5.81. The third kappa shape index (κ3) is 9.30. The van der Waals surface area contributed by atoms with Crippen LogP contribution in [0.4, 0.5) is 0 Å². The number of hydrogen-bond donors (Lipinski definition) is 0. The van der Waals surface area contributed by atoms with Crippen LogP contribution in [-0.2, 0) is 9.53 Å². The highest BCUT2D eigenvalue weighted by Crippen LogP contribution is 2.06. The molecule has 0 aromatic rings. The van der Waals surface area contributed by atoms with Crippen molar-refractivity contribution in [2.45, 2.75) is 51.9 Å². The van der Waals surface area contributed by atoms with E-state index in [1.165, 1.54) is 51.7 Å². The Balaban J connectivity index is 3.13. The molecule has 0 spiro atoms. The molecule has 0 amide bonds. The van der Waals surface area contributed by atoms with Crippen LogP contribution in [0.15, 0.2) is 12.2 Å². The normalized spacial score (nSPS) is 10.7. The number of ether oxygens (including phenoxy) is 1. The minimum Gasteiger partial charge on any atom is -0.466 e. The Hall–Kier alpha value is -0.790. The van der Waals surface area contributed by atoms with Gasteiger partial charge in [0, 0.05) is 6.08 Å². The zero-order chi connectivity index (χ0) is 10.6. The quantitative estimate of drug-likeness (QED) is 0.339. The Bertz CT molecular complexity index is 162. The summed E-state index contributed by atoms with van der Waals surface area (Å²) in [5, 5.41) is 0. The van der Waals surface area contributed by atoms with E-state index in [9.17, 15) is 4.79 Å². The van der Waals surface area contributed by atoms with Crippen LogP contribution in [-0.4, -0.2) is 13.1 Å². The predicted octanol–water partition coefficient (Wildman–Crippen LogP) is 3.47. The zero-order valence-corrected chi connectivity index (χ0v) is 9.42. The van der Waals surface area contributed by atoms with E-state index in [1.54, 1.807) is 0 Å². The number of unbranched alkanes of at least 4 members (excludes halogenated alkanes) is 6. The number of hydrogen-bond acceptors (Lipinski definition) is 2. The van der Waals surface area contributed by atoms with Crippen molar-refractivity contribution >= 4 is 5.97 Å². The first-order chi connectivity index (χ1) is 6.81. The van der Waals surface area contributed by atoms with Crippen molar-refractivity contribution in [2.24, 2.45) is 0 Å². The van der Waals surface area contributed by atoms with E-state index in [1.807, 2.05) is 6.08 Å². The number of carbonyl (C=O) groups is 1. The SMILES string of the molecule is CCCCCCCCC=CC(=O)OC. The van der Waals surface area contributed by atoms with Gasteiger partial charge in [0.1, 0.15) is 0 Å². The monoisotopic (exact) mass is 198 g/mol. The van der Waals surface area contributed by atoms with E-state index in [0.29, 0.717) is 0 Å². The van der Waals surface area contributed by atoms with Crippen LogP contribution in [0.3, 0.4) is 0 Å². The maximum absolute atomic E-state index is 10.7. The lowest BCUT2D eigenvalue weighted by molar-refractivity contribution is -0.134. The molecule has 0 atom stereocenters. The molecule has 2 heteroatoms. The van der Waals surface area contributed by atoms with E-state index < -0.39 is 0 Å². The lowest BCUT2D eigenvalue weighted by Crippen LogP contribution is -1.93. The van der Waals surface area contributed by atoms with Gasteiger partial charge in [-0.3, -0.25) is 0 Å². The van der Waals surface area contributed by atoms with Gasteiger partial charge in [-0.2, -0.15) is 0 Å². The number of rotatable bonds is 8. The molecule has 0 aliphatic rings. The maximum Gasteiger partial charge on any atom is 0.330 e. The predicted molar refractivity (Wildman–Crippen MR) is 59.1 cm³/mol. The second-order valence-corrected chi connectivity index (χ2v) is 3.48. The minimum absolute atomic E-state index is 0.254. The van der Waals surface area contributed by atoms with Gasteiger partial charge in [-0.15, -0.1) is 0 Å². The molecule has 0 unspecified atom stereocenters. The van der Waals surface area contributed by atoms with Crippen LogP contribution in [0, 0.1) is 0 Å². The molecule has 82 valence electrons. The Labute approximate surface area is 87.3 Å². The Morgan fingerprint density at radius 1 is 1.14 bits per heavy atom. The molecule has 0 aromatic heterocycles. The van der Waals surface area contributed by atoms with Gasteiger partial charge < -0.3 is 4.74 Å². The number of allylic oxidation sites excluding steroid dienone is 1. The average Bonchev–Trinajstić information content (AvgIpc) is 2.21. The van der Waals surface area contributed by atoms with Crippen LogP contribution in [0.2, 0.25) is 0 Å². The van der Waals surface area contributed by atoms with Crippen molar-refractivity contribution in [3.05, 3.63) is 12.2 Å². The molecule has 0 fully saturated rings. The van der Waals surface area contributed by atoms with Gasteiger partial charge in [-0.25, -0.2) is 4.79 Å². The van der Waals surface area contributed by atoms with Gasteiger partial charge >= 0.3 is 5.97 Å². The third-order valence-electron chi connectivity index (χ3n) is 2.18. The van der Waals surface area contributed by atoms with Crippen molar-refractivity contribution in [1.29, 1.82) is 0 Å². The second-order valence-electron chi connectivity index (χ2n) is 3.48. The summed E-state index contributed by atoms with van der Waals surface area (Å²) < 4.78 is 4.48. The van der Waals surface area contributed by atoms with Crippen molar-refractivity contribution < 1.29 is 9.53 Å². The van der Waals surface area contributed by atoms with Crippen LogP contribution < -0.4 is 0 Å². The van der Waals surface area contributed by atoms with E-state index in [-0.39, 0.29) is 5.97 Å². The molecule has 0 bridgehead atoms. The van der Waals surface area contributed by atoms with Crippen LogP contribution in [0.25, 0.3) is 0 Å². The molecule has 2 nitrogen and oxygen atoms in total. The molecular weight excluding hydrogens is 176 g/mol. The summed E-state index contributed by atoms with van der Waals surface area (Å²) in [5.41, 5.74) is 0. The average molecular weight is 198 g/mol. The van der Waals surface area contributed by atoms with Gasteiger partial charge in [0.2, 0.25) is 0 Å². The van der Waals surface area contributed by atoms with E-state index in [2.05, 4.69) is 11.7 Å². The van der Waals surface area contributed by atoms with Crippen molar-refractivity contribution in [2.75, 3.05) is 7.11 Å². The molecule has 0 aromatic carbocycles. The smallest absolute Gasteiger partial charge is 0.330 e. The fraction of sp³-hybridized carbons (Fsp3) is 0.750. The summed E-state index contributed by atoms with van der Waals surface area (Å²) in [6, 6.07) is 0. The minimum atomic E-state index is -0.254. The molecule has 0 heterocycles. The molecule has 0 radical (unpaired) electrons. The first-order valence-electron chi connectivity index (χ1n) is 5.55. The number of carbonyl (C=O) groups excluding carboxylic acids is 1. The lowest BCUT2D eigenvalue weighted by atomic mass is 10.1. The topological polar surface area (TPSA) is 26.3 Å². The van der Waals surface area contributed by atoms with E-state index in [0.717, 1.165) is 6.42 Å². The van der Waals surface area contributed by atoms with Gasteiger partial charge in [0.25, 0.3) is 0 Å². The highest BCUT2D eigenvalue weighted by atomic mass is 16.5. The largest absolute Gasteiger partial charge is 0.466 e. The van der Waals surface area contributed by atoms with Crippen molar-refractivity contribution in [3.8, 4) is 0 Å². The first-order valence-corrected chi connectivity index (χ1v) is 5.55. The summed E-state index contributed by atoms with van der Waals surface area (Å²) in [7, 11) is 1.40. The van der Waals surface area contributed by atoms with E-state index in [4.69, 9.17) is 0 Å². The summed E-state index contributed by atoms with van der Waals surface area (Å²) in [6.45, 7) is 2.22. The van der Waals surface area contributed by atoms with Crippen molar-refractivity contribution in [1.82, 2.24) is 0 Å².